The van der Waals surface area contributed by atoms with Crippen molar-refractivity contribution in [2.75, 3.05) is 13.7 Å². The molecule has 1 saturated heterocycles. The van der Waals surface area contributed by atoms with Crippen molar-refractivity contribution in [2.24, 2.45) is 0 Å². The fourth-order valence-corrected chi connectivity index (χ4v) is 5.34. The van der Waals surface area contributed by atoms with E-state index in [1.807, 2.05) is 75.8 Å². The van der Waals surface area contributed by atoms with E-state index in [1.54, 1.807) is 11.7 Å². The van der Waals surface area contributed by atoms with Crippen molar-refractivity contribution in [1.82, 2.24) is 14.5 Å². The number of likely N-dealkylation sites (tertiary alicyclic amines) is 1. The lowest BCUT2D eigenvalue weighted by atomic mass is 9.99. The van der Waals surface area contributed by atoms with Gasteiger partial charge in [0.05, 0.1) is 12.6 Å². The summed E-state index contributed by atoms with van der Waals surface area (Å²) in [7, 11) is 1.69. The zero-order valence-corrected chi connectivity index (χ0v) is 22.3. The van der Waals surface area contributed by atoms with E-state index < -0.39 is 5.60 Å². The first-order valence-corrected chi connectivity index (χ1v) is 12.9. The lowest BCUT2D eigenvalue weighted by Crippen LogP contribution is -2.26. The fourth-order valence-electron chi connectivity index (χ4n) is 5.34. The maximum atomic E-state index is 13.0. The predicted molar refractivity (Wildman–Crippen MR) is 147 cm³/mol. The van der Waals surface area contributed by atoms with E-state index in [0.29, 0.717) is 0 Å². The molecular formula is C31H35N3O3. The topological polar surface area (TPSA) is 56.6 Å². The Balaban J connectivity index is 1.48. The van der Waals surface area contributed by atoms with E-state index in [0.717, 1.165) is 47.2 Å². The molecule has 1 fully saturated rings. The minimum atomic E-state index is -0.573. The van der Waals surface area contributed by atoms with E-state index in [-0.39, 0.29) is 18.2 Å². The molecule has 4 aromatic rings. The van der Waals surface area contributed by atoms with Crippen molar-refractivity contribution >= 4 is 17.0 Å². The molecule has 0 amide bonds. The average Bonchev–Trinajstić information content (AvgIpc) is 3.53. The second kappa shape index (κ2) is 10.0. The van der Waals surface area contributed by atoms with Gasteiger partial charge in [0.15, 0.2) is 0 Å². The second-order valence-electron chi connectivity index (χ2n) is 10.8. The largest absolute Gasteiger partial charge is 0.497 e. The summed E-state index contributed by atoms with van der Waals surface area (Å²) in [6, 6.07) is 19.1. The Bertz CT molecular complexity index is 1400. The smallest absolute Gasteiger partial charge is 0.419 e. The molecule has 2 aromatic heterocycles. The first kappa shape index (κ1) is 25.0. The zero-order chi connectivity index (χ0) is 26.2. The van der Waals surface area contributed by atoms with Gasteiger partial charge in [-0.1, -0.05) is 30.3 Å². The van der Waals surface area contributed by atoms with Crippen molar-refractivity contribution in [3.63, 3.8) is 0 Å². The van der Waals surface area contributed by atoms with Crippen molar-refractivity contribution in [3.05, 3.63) is 84.3 Å². The van der Waals surface area contributed by atoms with E-state index in [9.17, 15) is 4.79 Å². The summed E-state index contributed by atoms with van der Waals surface area (Å²) >= 11 is 0. The van der Waals surface area contributed by atoms with Gasteiger partial charge in [-0.15, -0.1) is 0 Å². The lowest BCUT2D eigenvalue weighted by Gasteiger charge is -2.31. The number of rotatable bonds is 5. The number of hydrogen-bond donors (Lipinski definition) is 0. The van der Waals surface area contributed by atoms with Gasteiger partial charge in [0.1, 0.15) is 11.4 Å². The summed E-state index contributed by atoms with van der Waals surface area (Å²) in [6.07, 6.45) is 7.61. The molecule has 2 atom stereocenters. The molecule has 1 aliphatic heterocycles. The van der Waals surface area contributed by atoms with Gasteiger partial charge in [-0.05, 0) is 82.5 Å². The number of hydrogen-bond acceptors (Lipinski definition) is 5. The Morgan fingerprint density at radius 2 is 1.84 bits per heavy atom. The predicted octanol–water partition coefficient (Wildman–Crippen LogP) is 7.39. The van der Waals surface area contributed by atoms with Gasteiger partial charge in [-0.2, -0.15) is 0 Å². The molecule has 6 nitrogen and oxygen atoms in total. The van der Waals surface area contributed by atoms with E-state index in [2.05, 4.69) is 35.0 Å². The molecule has 6 heteroatoms. The van der Waals surface area contributed by atoms with Crippen LogP contribution in [-0.2, 0) is 4.74 Å². The maximum absolute atomic E-state index is 13.0. The third-order valence-electron chi connectivity index (χ3n) is 7.15. The number of fused-ring (bicyclic) bond motifs is 1. The van der Waals surface area contributed by atoms with Crippen LogP contribution in [0.5, 0.6) is 5.75 Å². The van der Waals surface area contributed by atoms with Crippen LogP contribution < -0.4 is 4.74 Å². The number of methoxy groups -OCH3 is 1. The molecule has 0 aliphatic carbocycles. The summed E-state index contributed by atoms with van der Waals surface area (Å²) < 4.78 is 12.6. The molecule has 5 rings (SSSR count). The number of para-hydroxylation sites is 1. The van der Waals surface area contributed by atoms with Crippen LogP contribution in [0.15, 0.2) is 73.2 Å². The van der Waals surface area contributed by atoms with Gasteiger partial charge in [0.25, 0.3) is 0 Å². The molecule has 0 saturated carbocycles. The Kier molecular flexibility index (Phi) is 6.78. The molecule has 2 aromatic carbocycles. The van der Waals surface area contributed by atoms with Crippen molar-refractivity contribution in [1.29, 1.82) is 0 Å². The van der Waals surface area contributed by atoms with Gasteiger partial charge >= 0.3 is 6.09 Å². The first-order valence-electron chi connectivity index (χ1n) is 12.9. The van der Waals surface area contributed by atoms with E-state index in [4.69, 9.17) is 9.47 Å². The molecule has 37 heavy (non-hydrogen) atoms. The van der Waals surface area contributed by atoms with Crippen LogP contribution in [0.25, 0.3) is 22.0 Å². The van der Waals surface area contributed by atoms with Crippen LogP contribution in [0.1, 0.15) is 63.7 Å². The molecule has 0 bridgehead atoms. The second-order valence-corrected chi connectivity index (χ2v) is 10.8. The number of ether oxygens (including phenoxy) is 2. The summed E-state index contributed by atoms with van der Waals surface area (Å²) in [5.74, 6) is 0.872. The number of pyridine rings is 1. The van der Waals surface area contributed by atoms with Crippen LogP contribution in [0, 0.1) is 0 Å². The lowest BCUT2D eigenvalue weighted by molar-refractivity contribution is 0.0544. The number of nitrogens with zero attached hydrogens (tertiary/aromatic N) is 3. The van der Waals surface area contributed by atoms with Crippen molar-refractivity contribution in [2.45, 2.75) is 58.2 Å². The number of carbonyl (C=O) groups is 1. The fraction of sp³-hybridized carbons (Fsp3) is 0.355. The summed E-state index contributed by atoms with van der Waals surface area (Å²) in [5.41, 5.74) is 4.70. The van der Waals surface area contributed by atoms with Crippen LogP contribution in [0.3, 0.4) is 0 Å². The third-order valence-corrected chi connectivity index (χ3v) is 7.15. The highest BCUT2D eigenvalue weighted by Crippen LogP contribution is 2.40. The summed E-state index contributed by atoms with van der Waals surface area (Å²) in [5, 5.41) is 1.00. The SMILES string of the molecule is COc1ccc(C(C)N2CCC[C@H]2c2cncc(-c3cn(C(=O)OC(C)(C)C)c4ccccc34)c2)cc1. The van der Waals surface area contributed by atoms with Gasteiger partial charge in [0, 0.05) is 47.2 Å². The van der Waals surface area contributed by atoms with Crippen LogP contribution >= 0.6 is 0 Å². The molecule has 1 unspecified atom stereocenters. The van der Waals surface area contributed by atoms with Crippen molar-refractivity contribution in [3.8, 4) is 16.9 Å². The molecule has 0 spiro atoms. The van der Waals surface area contributed by atoms with Gasteiger partial charge in [-0.3, -0.25) is 14.5 Å². The van der Waals surface area contributed by atoms with Crippen LogP contribution in [0.4, 0.5) is 4.79 Å². The number of carbonyl (C=O) groups excluding carboxylic acids is 1. The third kappa shape index (κ3) is 5.12. The highest BCUT2D eigenvalue weighted by molar-refractivity contribution is 6.00. The van der Waals surface area contributed by atoms with E-state index in [1.165, 1.54) is 11.1 Å². The summed E-state index contributed by atoms with van der Waals surface area (Å²) in [6.45, 7) is 8.95. The van der Waals surface area contributed by atoms with E-state index >= 15 is 0 Å². The molecular weight excluding hydrogens is 462 g/mol. The van der Waals surface area contributed by atoms with Gasteiger partial charge in [0.2, 0.25) is 0 Å². The van der Waals surface area contributed by atoms with Gasteiger partial charge < -0.3 is 9.47 Å². The monoisotopic (exact) mass is 497 g/mol. The van der Waals surface area contributed by atoms with Crippen LogP contribution in [-0.4, -0.2) is 39.8 Å². The molecule has 192 valence electrons. The molecule has 0 N–H and O–H groups in total. The van der Waals surface area contributed by atoms with Crippen molar-refractivity contribution < 1.29 is 14.3 Å². The average molecular weight is 498 g/mol. The van der Waals surface area contributed by atoms with Gasteiger partial charge in [-0.25, -0.2) is 4.79 Å². The van der Waals surface area contributed by atoms with Crippen LogP contribution in [0.2, 0.25) is 0 Å². The zero-order valence-electron chi connectivity index (χ0n) is 22.3. The molecule has 1 aliphatic rings. The maximum Gasteiger partial charge on any atom is 0.419 e. The molecule has 0 radical (unpaired) electrons. The highest BCUT2D eigenvalue weighted by Gasteiger charge is 2.31. The standard InChI is InChI=1S/C31H35N3O3/c1-21(22-12-14-25(36-5)15-13-22)33-16-8-11-28(33)24-17-23(18-32-19-24)27-20-34(30(35)37-31(2,3)4)29-10-7-6-9-26(27)29/h6-7,9-10,12-15,17-21,28H,8,11,16H2,1-5H3/t21?,28-/m0/s1. The summed E-state index contributed by atoms with van der Waals surface area (Å²) in [4.78, 5) is 20.2. The minimum Gasteiger partial charge on any atom is -0.497 e. The molecule has 3 heterocycles. The Hall–Kier alpha value is -3.64. The quantitative estimate of drug-likeness (QED) is 0.288. The Morgan fingerprint density at radius 3 is 2.57 bits per heavy atom. The first-order chi connectivity index (χ1) is 17.7. The Labute approximate surface area is 218 Å². The number of aromatic nitrogens is 2. The number of benzene rings is 2. The Morgan fingerprint density at radius 1 is 1.08 bits per heavy atom. The minimum absolute atomic E-state index is 0.274. The highest BCUT2D eigenvalue weighted by atomic mass is 16.6. The normalized spacial score (nSPS) is 17.2.